The van der Waals surface area contributed by atoms with Gasteiger partial charge < -0.3 is 4.57 Å². The summed E-state index contributed by atoms with van der Waals surface area (Å²) >= 11 is 0. The van der Waals surface area contributed by atoms with Gasteiger partial charge in [0.05, 0.1) is 6.07 Å². The van der Waals surface area contributed by atoms with Crippen molar-refractivity contribution in [1.29, 1.82) is 5.26 Å². The van der Waals surface area contributed by atoms with Crippen LogP contribution in [0.1, 0.15) is 23.9 Å². The van der Waals surface area contributed by atoms with Crippen molar-refractivity contribution in [2.75, 3.05) is 13.6 Å². The van der Waals surface area contributed by atoms with Gasteiger partial charge in [-0.05, 0) is 17.7 Å². The highest BCUT2D eigenvalue weighted by molar-refractivity contribution is 7.87. The van der Waals surface area contributed by atoms with E-state index in [-0.39, 0.29) is 13.0 Å². The molecule has 1 unspecified atom stereocenters. The van der Waals surface area contributed by atoms with Gasteiger partial charge in [-0.15, -0.1) is 0 Å². The second-order valence-corrected chi connectivity index (χ2v) is 7.04. The minimum atomic E-state index is -3.85. The van der Waals surface area contributed by atoms with E-state index in [1.807, 2.05) is 6.07 Å². The Hall–Kier alpha value is -2.28. The molecule has 7 nitrogen and oxygen atoms in total. The highest BCUT2D eigenvalue weighted by Crippen LogP contribution is 2.22. The SMILES string of the molecule is CN(CCC#N)S(=O)(=O)NC(c1ccc(F)cc1)c1nccn1C. The third kappa shape index (κ3) is 4.17. The van der Waals surface area contributed by atoms with E-state index in [2.05, 4.69) is 9.71 Å². The van der Waals surface area contributed by atoms with Crippen LogP contribution in [0.4, 0.5) is 4.39 Å². The molecule has 0 spiro atoms. The van der Waals surface area contributed by atoms with Crippen molar-refractivity contribution >= 4 is 10.2 Å². The maximum Gasteiger partial charge on any atom is 0.280 e. The maximum absolute atomic E-state index is 13.2. The van der Waals surface area contributed by atoms with Crippen molar-refractivity contribution in [2.24, 2.45) is 7.05 Å². The van der Waals surface area contributed by atoms with Gasteiger partial charge in [0.1, 0.15) is 17.7 Å². The summed E-state index contributed by atoms with van der Waals surface area (Å²) in [5.74, 6) is 0.0604. The molecule has 24 heavy (non-hydrogen) atoms. The average molecular weight is 351 g/mol. The number of nitrogens with zero attached hydrogens (tertiary/aromatic N) is 4. The number of rotatable bonds is 7. The summed E-state index contributed by atoms with van der Waals surface area (Å²) in [4.78, 5) is 4.19. The first-order valence-electron chi connectivity index (χ1n) is 7.18. The van der Waals surface area contributed by atoms with Crippen LogP contribution in [-0.2, 0) is 17.3 Å². The number of aryl methyl sites for hydroxylation is 1. The first kappa shape index (κ1) is 18.1. The predicted molar refractivity (Wildman–Crippen MR) is 86.4 cm³/mol. The summed E-state index contributed by atoms with van der Waals surface area (Å²) in [5, 5.41) is 8.61. The molecule has 0 fully saturated rings. The summed E-state index contributed by atoms with van der Waals surface area (Å²) in [6, 6.07) is 6.67. The molecule has 2 rings (SSSR count). The second kappa shape index (κ2) is 7.53. The zero-order valence-corrected chi connectivity index (χ0v) is 14.2. The van der Waals surface area contributed by atoms with Crippen molar-refractivity contribution in [1.82, 2.24) is 18.6 Å². The first-order chi connectivity index (χ1) is 11.3. The second-order valence-electron chi connectivity index (χ2n) is 5.23. The quantitative estimate of drug-likeness (QED) is 0.815. The summed E-state index contributed by atoms with van der Waals surface area (Å²) in [5.41, 5.74) is 0.558. The molecule has 0 amide bonds. The molecular weight excluding hydrogens is 333 g/mol. The Morgan fingerprint density at radius 2 is 2.08 bits per heavy atom. The molecule has 0 bridgehead atoms. The lowest BCUT2D eigenvalue weighted by Gasteiger charge is -2.23. The topological polar surface area (TPSA) is 91.0 Å². The van der Waals surface area contributed by atoms with Crippen molar-refractivity contribution in [3.63, 3.8) is 0 Å². The zero-order valence-electron chi connectivity index (χ0n) is 13.3. The van der Waals surface area contributed by atoms with Gasteiger partial charge in [-0.25, -0.2) is 9.37 Å². The Morgan fingerprint density at radius 3 is 2.62 bits per heavy atom. The highest BCUT2D eigenvalue weighted by atomic mass is 32.2. The van der Waals surface area contributed by atoms with Crippen molar-refractivity contribution < 1.29 is 12.8 Å². The molecule has 0 saturated carbocycles. The molecule has 0 radical (unpaired) electrons. The zero-order chi connectivity index (χ0) is 17.7. The van der Waals surface area contributed by atoms with Gasteiger partial charge in [0.2, 0.25) is 0 Å². The fourth-order valence-electron chi connectivity index (χ4n) is 2.15. The molecule has 0 aliphatic heterocycles. The molecular formula is C15H18FN5O2S. The minimum absolute atomic E-state index is 0.0720. The molecule has 0 aliphatic rings. The van der Waals surface area contributed by atoms with Gasteiger partial charge in [0.15, 0.2) is 0 Å². The minimum Gasteiger partial charge on any atom is -0.336 e. The van der Waals surface area contributed by atoms with E-state index in [0.717, 1.165) is 4.31 Å². The molecule has 2 aromatic rings. The Kier molecular flexibility index (Phi) is 5.66. The van der Waals surface area contributed by atoms with Gasteiger partial charge in [-0.1, -0.05) is 12.1 Å². The molecule has 128 valence electrons. The maximum atomic E-state index is 13.2. The van der Waals surface area contributed by atoms with E-state index >= 15 is 0 Å². The lowest BCUT2D eigenvalue weighted by molar-refractivity contribution is 0.456. The number of imidazole rings is 1. The number of aromatic nitrogens is 2. The van der Waals surface area contributed by atoms with Gasteiger partial charge in [-0.3, -0.25) is 0 Å². The van der Waals surface area contributed by atoms with Crippen molar-refractivity contribution in [2.45, 2.75) is 12.5 Å². The summed E-state index contributed by atoms with van der Waals surface area (Å²) in [6.07, 6.45) is 3.33. The molecule has 9 heteroatoms. The molecule has 1 heterocycles. The Bertz CT molecular complexity index is 826. The number of hydrogen-bond acceptors (Lipinski definition) is 4. The van der Waals surface area contributed by atoms with Crippen LogP contribution in [0.15, 0.2) is 36.7 Å². The number of nitrogens with one attached hydrogen (secondary N) is 1. The third-order valence-corrected chi connectivity index (χ3v) is 5.07. The Labute approximate surface area is 140 Å². The lowest BCUT2D eigenvalue weighted by atomic mass is 10.1. The fraction of sp³-hybridized carbons (Fsp3) is 0.333. The van der Waals surface area contributed by atoms with Crippen molar-refractivity contribution in [3.8, 4) is 6.07 Å². The van der Waals surface area contributed by atoms with Crippen LogP contribution in [0, 0.1) is 17.1 Å². The molecule has 1 atom stereocenters. The van der Waals surface area contributed by atoms with Crippen LogP contribution in [0.3, 0.4) is 0 Å². The Morgan fingerprint density at radius 1 is 1.42 bits per heavy atom. The van der Waals surface area contributed by atoms with Crippen molar-refractivity contribution in [3.05, 3.63) is 53.9 Å². The van der Waals surface area contributed by atoms with E-state index in [1.54, 1.807) is 24.0 Å². The normalized spacial score (nSPS) is 13.0. The molecule has 1 N–H and O–H groups in total. The van der Waals surface area contributed by atoms with E-state index < -0.39 is 22.1 Å². The van der Waals surface area contributed by atoms with Crippen LogP contribution in [0.25, 0.3) is 0 Å². The average Bonchev–Trinajstić information content (AvgIpc) is 2.97. The van der Waals surface area contributed by atoms with Gasteiger partial charge in [-0.2, -0.15) is 22.7 Å². The lowest BCUT2D eigenvalue weighted by Crippen LogP contribution is -2.41. The largest absolute Gasteiger partial charge is 0.336 e. The molecule has 0 saturated heterocycles. The smallest absolute Gasteiger partial charge is 0.280 e. The number of halogens is 1. The number of nitriles is 1. The number of benzene rings is 1. The van der Waals surface area contributed by atoms with Crippen LogP contribution in [0.2, 0.25) is 0 Å². The summed E-state index contributed by atoms with van der Waals surface area (Å²) in [6.45, 7) is 0.0720. The van der Waals surface area contributed by atoms with Gasteiger partial charge in [0.25, 0.3) is 10.2 Å². The third-order valence-electron chi connectivity index (χ3n) is 3.54. The van der Waals surface area contributed by atoms with Gasteiger partial charge in [0, 0.05) is 39.5 Å². The monoisotopic (exact) mass is 351 g/mol. The van der Waals surface area contributed by atoms with Gasteiger partial charge >= 0.3 is 0 Å². The van der Waals surface area contributed by atoms with Crippen LogP contribution >= 0.6 is 0 Å². The van der Waals surface area contributed by atoms with Crippen LogP contribution in [-0.4, -0.2) is 35.9 Å². The predicted octanol–water partition coefficient (Wildman–Crippen LogP) is 1.33. The van der Waals surface area contributed by atoms with Crippen LogP contribution in [0.5, 0.6) is 0 Å². The molecule has 1 aromatic heterocycles. The molecule has 1 aromatic carbocycles. The summed E-state index contributed by atoms with van der Waals surface area (Å²) < 4.78 is 43.5. The van der Waals surface area contributed by atoms with E-state index in [4.69, 9.17) is 5.26 Å². The van der Waals surface area contributed by atoms with Crippen LogP contribution < -0.4 is 4.72 Å². The standard InChI is InChI=1S/C15H18FN5O2S/c1-20-11-9-18-15(20)14(12-4-6-13(16)7-5-12)19-24(22,23)21(2)10-3-8-17/h4-7,9,11,14,19H,3,10H2,1-2H3. The first-order valence-corrected chi connectivity index (χ1v) is 8.62. The summed E-state index contributed by atoms with van der Waals surface area (Å²) in [7, 11) is -0.716. The fourth-order valence-corrected chi connectivity index (χ4v) is 3.20. The van der Waals surface area contributed by atoms with E-state index in [9.17, 15) is 12.8 Å². The van der Waals surface area contributed by atoms with E-state index in [1.165, 1.54) is 31.3 Å². The number of hydrogen-bond donors (Lipinski definition) is 1. The molecule has 0 aliphatic carbocycles. The Balaban J connectivity index is 2.35. The highest BCUT2D eigenvalue weighted by Gasteiger charge is 2.27. The van der Waals surface area contributed by atoms with E-state index in [0.29, 0.717) is 11.4 Å².